The third kappa shape index (κ3) is 5.97. The van der Waals surface area contributed by atoms with E-state index in [0.29, 0.717) is 11.4 Å². The van der Waals surface area contributed by atoms with Gasteiger partial charge in [-0.25, -0.2) is 16.8 Å². The third-order valence-corrected chi connectivity index (χ3v) is 9.46. The lowest BCUT2D eigenvalue weighted by Gasteiger charge is -2.22. The first-order chi connectivity index (χ1) is 18.4. The number of carbonyl (C=O) groups excluding carboxylic acids is 1. The molecule has 202 valence electrons. The summed E-state index contributed by atoms with van der Waals surface area (Å²) < 4.78 is 56.0. The zero-order valence-electron chi connectivity index (χ0n) is 22.0. The maximum Gasteiger partial charge on any atom is 0.264 e. The molecule has 0 atom stereocenters. The molecule has 0 aliphatic rings. The number of rotatable bonds is 8. The summed E-state index contributed by atoms with van der Waals surface area (Å²) in [5.74, 6) is -0.541. The van der Waals surface area contributed by atoms with Crippen LogP contribution in [0.4, 0.5) is 17.1 Å². The molecule has 0 saturated carbocycles. The van der Waals surface area contributed by atoms with E-state index in [-0.39, 0.29) is 21.0 Å². The molecule has 4 aromatic rings. The molecule has 0 fully saturated rings. The van der Waals surface area contributed by atoms with Gasteiger partial charge in [-0.05, 0) is 80.4 Å². The van der Waals surface area contributed by atoms with Crippen LogP contribution in [-0.2, 0) is 20.0 Å². The molecule has 10 heteroatoms. The fraction of sp³-hybridized carbons (Fsp3) is 0.138. The second-order valence-electron chi connectivity index (χ2n) is 9.15. The second kappa shape index (κ2) is 10.9. The summed E-state index contributed by atoms with van der Waals surface area (Å²) in [7, 11) is -6.37. The van der Waals surface area contributed by atoms with E-state index in [1.165, 1.54) is 49.5 Å². The van der Waals surface area contributed by atoms with Crippen molar-refractivity contribution in [2.45, 2.75) is 30.6 Å². The van der Waals surface area contributed by atoms with Gasteiger partial charge in [0.25, 0.3) is 26.0 Å². The maximum absolute atomic E-state index is 13.2. The molecule has 0 unspecified atom stereocenters. The summed E-state index contributed by atoms with van der Waals surface area (Å²) in [6.45, 7) is 5.51. The first-order valence-electron chi connectivity index (χ1n) is 12.1. The van der Waals surface area contributed by atoms with Crippen molar-refractivity contribution in [1.82, 2.24) is 0 Å². The molecular weight excluding hydrogens is 534 g/mol. The Morgan fingerprint density at radius 2 is 1.26 bits per heavy atom. The van der Waals surface area contributed by atoms with Gasteiger partial charge in [0.15, 0.2) is 0 Å². The van der Waals surface area contributed by atoms with E-state index in [1.54, 1.807) is 30.3 Å². The highest BCUT2D eigenvalue weighted by molar-refractivity contribution is 7.93. The molecule has 0 heterocycles. The van der Waals surface area contributed by atoms with E-state index < -0.39 is 26.0 Å². The van der Waals surface area contributed by atoms with Crippen molar-refractivity contribution in [3.8, 4) is 0 Å². The fourth-order valence-electron chi connectivity index (χ4n) is 4.02. The Morgan fingerprint density at radius 3 is 1.87 bits per heavy atom. The zero-order chi connectivity index (χ0) is 28.4. The van der Waals surface area contributed by atoms with Crippen LogP contribution >= 0.6 is 0 Å². The highest BCUT2D eigenvalue weighted by Gasteiger charge is 2.25. The Morgan fingerprint density at radius 1 is 0.692 bits per heavy atom. The molecule has 8 nitrogen and oxygen atoms in total. The summed E-state index contributed by atoms with van der Waals surface area (Å²) >= 11 is 0. The number of amides is 1. The Kier molecular flexibility index (Phi) is 7.80. The first kappa shape index (κ1) is 27.9. The normalized spacial score (nSPS) is 11.6. The number of nitrogens with zero attached hydrogens (tertiary/aromatic N) is 1. The van der Waals surface area contributed by atoms with Gasteiger partial charge in [-0.1, -0.05) is 48.0 Å². The molecular formula is C29H29N3O5S2. The highest BCUT2D eigenvalue weighted by atomic mass is 32.2. The van der Waals surface area contributed by atoms with Crippen molar-refractivity contribution >= 4 is 43.0 Å². The van der Waals surface area contributed by atoms with Gasteiger partial charge in [-0.15, -0.1) is 0 Å². The Hall–Kier alpha value is -4.15. The topological polar surface area (TPSA) is 113 Å². The van der Waals surface area contributed by atoms with E-state index in [1.807, 2.05) is 39.0 Å². The number of hydrogen-bond donors (Lipinski definition) is 2. The number of anilines is 3. The minimum atomic E-state index is -3.91. The van der Waals surface area contributed by atoms with Crippen LogP contribution in [0.2, 0.25) is 0 Å². The predicted molar refractivity (Wildman–Crippen MR) is 154 cm³/mol. The van der Waals surface area contributed by atoms with E-state index in [2.05, 4.69) is 10.0 Å². The average Bonchev–Trinajstić information content (AvgIpc) is 2.91. The van der Waals surface area contributed by atoms with Crippen molar-refractivity contribution < 1.29 is 21.6 Å². The van der Waals surface area contributed by atoms with Gasteiger partial charge in [-0.3, -0.25) is 13.8 Å². The van der Waals surface area contributed by atoms with Crippen molar-refractivity contribution in [2.24, 2.45) is 0 Å². The molecule has 0 aromatic heterocycles. The molecule has 0 bridgehead atoms. The average molecular weight is 564 g/mol. The van der Waals surface area contributed by atoms with Crippen LogP contribution in [0.3, 0.4) is 0 Å². The standard InChI is InChI=1S/C29H29N3O5S2/c1-20-12-16-25(17-13-20)39(36,37)32(4)27-11-6-5-10-26(27)29(33)30-23-14-18-24(19-15-23)38(34,35)31-28-21(2)8-7-9-22(28)3/h5-19,31H,1-4H3,(H,30,33). The fourth-order valence-corrected chi connectivity index (χ4v) is 6.44. The second-order valence-corrected chi connectivity index (χ2v) is 12.8. The number of sulfonamides is 2. The SMILES string of the molecule is Cc1ccc(S(=O)(=O)N(C)c2ccccc2C(=O)Nc2ccc(S(=O)(=O)Nc3c(C)cccc3C)cc2)cc1. The van der Waals surface area contributed by atoms with Crippen molar-refractivity contribution in [3.63, 3.8) is 0 Å². The molecule has 0 spiro atoms. The molecule has 4 aromatic carbocycles. The lowest BCUT2D eigenvalue weighted by atomic mass is 10.1. The number of para-hydroxylation sites is 2. The van der Waals surface area contributed by atoms with E-state index in [0.717, 1.165) is 21.0 Å². The molecule has 39 heavy (non-hydrogen) atoms. The Balaban J connectivity index is 1.55. The van der Waals surface area contributed by atoms with Crippen LogP contribution in [0.25, 0.3) is 0 Å². The van der Waals surface area contributed by atoms with Crippen molar-refractivity contribution in [3.05, 3.63) is 113 Å². The van der Waals surface area contributed by atoms with Crippen LogP contribution in [0, 0.1) is 20.8 Å². The van der Waals surface area contributed by atoms with E-state index >= 15 is 0 Å². The van der Waals surface area contributed by atoms with Crippen LogP contribution in [0.1, 0.15) is 27.0 Å². The van der Waals surface area contributed by atoms with Crippen molar-refractivity contribution in [2.75, 3.05) is 21.4 Å². The van der Waals surface area contributed by atoms with Gasteiger partial charge in [0.05, 0.1) is 26.7 Å². The molecule has 1 amide bonds. The lowest BCUT2D eigenvalue weighted by Crippen LogP contribution is -2.29. The highest BCUT2D eigenvalue weighted by Crippen LogP contribution is 2.28. The monoisotopic (exact) mass is 563 g/mol. The predicted octanol–water partition coefficient (Wildman–Crippen LogP) is 5.49. The Labute approximate surface area is 229 Å². The zero-order valence-corrected chi connectivity index (χ0v) is 23.6. The van der Waals surface area contributed by atoms with Gasteiger partial charge in [0, 0.05) is 12.7 Å². The van der Waals surface area contributed by atoms with Crippen LogP contribution < -0.4 is 14.3 Å². The molecule has 0 aliphatic heterocycles. The number of benzene rings is 4. The minimum absolute atomic E-state index is 0.0347. The molecule has 0 saturated heterocycles. The van der Waals surface area contributed by atoms with E-state index in [4.69, 9.17) is 0 Å². The largest absolute Gasteiger partial charge is 0.322 e. The number of hydrogen-bond acceptors (Lipinski definition) is 5. The smallest absolute Gasteiger partial charge is 0.264 e. The lowest BCUT2D eigenvalue weighted by molar-refractivity contribution is 0.102. The molecule has 4 rings (SSSR count). The van der Waals surface area contributed by atoms with Gasteiger partial charge in [-0.2, -0.15) is 0 Å². The first-order valence-corrected chi connectivity index (χ1v) is 15.0. The number of nitrogens with one attached hydrogen (secondary N) is 2. The van der Waals surface area contributed by atoms with Gasteiger partial charge in [0.1, 0.15) is 0 Å². The molecule has 0 aliphatic carbocycles. The summed E-state index contributed by atoms with van der Waals surface area (Å²) in [6.07, 6.45) is 0. The third-order valence-electron chi connectivity index (χ3n) is 6.31. The quantitative estimate of drug-likeness (QED) is 0.294. The van der Waals surface area contributed by atoms with E-state index in [9.17, 15) is 21.6 Å². The number of aryl methyl sites for hydroxylation is 3. The summed E-state index contributed by atoms with van der Waals surface area (Å²) in [6, 6.07) is 24.1. The number of carbonyl (C=O) groups is 1. The molecule has 0 radical (unpaired) electrons. The van der Waals surface area contributed by atoms with Crippen LogP contribution in [-0.4, -0.2) is 29.8 Å². The van der Waals surface area contributed by atoms with Crippen molar-refractivity contribution in [1.29, 1.82) is 0 Å². The summed E-state index contributed by atoms with van der Waals surface area (Å²) in [4.78, 5) is 13.3. The van der Waals surface area contributed by atoms with Crippen LogP contribution in [0.15, 0.2) is 101 Å². The Bertz CT molecular complexity index is 1710. The minimum Gasteiger partial charge on any atom is -0.322 e. The summed E-state index contributed by atoms with van der Waals surface area (Å²) in [5.41, 5.74) is 3.75. The van der Waals surface area contributed by atoms with Gasteiger partial charge in [0.2, 0.25) is 0 Å². The van der Waals surface area contributed by atoms with Gasteiger partial charge < -0.3 is 5.32 Å². The summed E-state index contributed by atoms with van der Waals surface area (Å²) in [5, 5.41) is 2.72. The van der Waals surface area contributed by atoms with Gasteiger partial charge >= 0.3 is 0 Å². The molecule has 2 N–H and O–H groups in total. The maximum atomic E-state index is 13.2. The van der Waals surface area contributed by atoms with Crippen LogP contribution in [0.5, 0.6) is 0 Å².